The van der Waals surface area contributed by atoms with Crippen LogP contribution in [0.15, 0.2) is 12.4 Å². The topological polar surface area (TPSA) is 87.7 Å². The summed E-state index contributed by atoms with van der Waals surface area (Å²) in [6, 6.07) is 0. The van der Waals surface area contributed by atoms with Crippen LogP contribution in [0, 0.1) is 5.92 Å². The Hall–Kier alpha value is -2.38. The number of rotatable bonds is 4. The molecule has 3 heterocycles. The summed E-state index contributed by atoms with van der Waals surface area (Å²) in [5.74, 6) is 1.23. The molecule has 0 aromatic carbocycles. The molecule has 2 aliphatic rings. The van der Waals surface area contributed by atoms with Gasteiger partial charge in [-0.15, -0.1) is 0 Å². The van der Waals surface area contributed by atoms with Crippen LogP contribution in [0.1, 0.15) is 19.3 Å². The van der Waals surface area contributed by atoms with Crippen LogP contribution in [0.4, 0.5) is 5.82 Å². The number of amides is 2. The van der Waals surface area contributed by atoms with Crippen LogP contribution in [0.3, 0.4) is 0 Å². The number of nitrogens with one attached hydrogen (secondary N) is 1. The van der Waals surface area contributed by atoms with E-state index in [9.17, 15) is 9.59 Å². The highest BCUT2D eigenvalue weighted by Crippen LogP contribution is 2.21. The third-order valence-corrected chi connectivity index (χ3v) is 4.42. The Balaban J connectivity index is 1.54. The summed E-state index contributed by atoms with van der Waals surface area (Å²) in [7, 11) is 3.79. The molecule has 1 N–H and O–H groups in total. The number of aromatic nitrogens is 2. The largest absolute Gasteiger partial charge is 0.471 e. The van der Waals surface area contributed by atoms with Crippen molar-refractivity contribution in [3.63, 3.8) is 0 Å². The van der Waals surface area contributed by atoms with Gasteiger partial charge in [0.2, 0.25) is 17.7 Å². The predicted octanol–water partition coefficient (Wildman–Crippen LogP) is 0.0485. The minimum absolute atomic E-state index is 0.0287. The zero-order valence-electron chi connectivity index (χ0n) is 14.1. The van der Waals surface area contributed by atoms with Crippen molar-refractivity contribution in [3.8, 4) is 5.88 Å². The Labute approximate surface area is 141 Å². The van der Waals surface area contributed by atoms with E-state index in [-0.39, 0.29) is 23.8 Å². The molecule has 0 aliphatic carbocycles. The molecule has 1 aromatic heterocycles. The molecule has 2 amide bonds. The first kappa shape index (κ1) is 16.5. The summed E-state index contributed by atoms with van der Waals surface area (Å²) in [6.45, 7) is 1.67. The SMILES string of the molecule is CN(C)c1cncc(OC2CCN(C(=O)C3CCC(=O)NC3)C2)n1. The van der Waals surface area contributed by atoms with E-state index in [1.54, 1.807) is 12.4 Å². The fourth-order valence-electron chi connectivity index (χ4n) is 3.01. The lowest BCUT2D eigenvalue weighted by Crippen LogP contribution is -2.44. The molecule has 2 aliphatic heterocycles. The smallest absolute Gasteiger partial charge is 0.234 e. The van der Waals surface area contributed by atoms with Crippen LogP contribution in [-0.4, -0.2) is 66.5 Å². The molecule has 0 bridgehead atoms. The number of hydrogen-bond donors (Lipinski definition) is 1. The molecule has 8 nitrogen and oxygen atoms in total. The van der Waals surface area contributed by atoms with E-state index < -0.39 is 0 Å². The highest BCUT2D eigenvalue weighted by atomic mass is 16.5. The van der Waals surface area contributed by atoms with Gasteiger partial charge in [-0.2, -0.15) is 4.98 Å². The van der Waals surface area contributed by atoms with Gasteiger partial charge in [-0.3, -0.25) is 14.6 Å². The zero-order valence-corrected chi connectivity index (χ0v) is 14.1. The monoisotopic (exact) mass is 333 g/mol. The molecule has 2 saturated heterocycles. The lowest BCUT2D eigenvalue weighted by atomic mass is 9.98. The van der Waals surface area contributed by atoms with Crippen molar-refractivity contribution >= 4 is 17.6 Å². The van der Waals surface area contributed by atoms with E-state index >= 15 is 0 Å². The van der Waals surface area contributed by atoms with Crippen molar-refractivity contribution in [2.45, 2.75) is 25.4 Å². The first-order valence-electron chi connectivity index (χ1n) is 8.24. The van der Waals surface area contributed by atoms with E-state index in [1.165, 1.54) is 0 Å². The number of nitrogens with zero attached hydrogens (tertiary/aromatic N) is 4. The number of ether oxygens (including phenoxy) is 1. The molecule has 3 rings (SSSR count). The summed E-state index contributed by atoms with van der Waals surface area (Å²) >= 11 is 0. The molecule has 2 fully saturated rings. The third kappa shape index (κ3) is 3.74. The maximum Gasteiger partial charge on any atom is 0.234 e. The Bertz CT molecular complexity index is 611. The third-order valence-electron chi connectivity index (χ3n) is 4.42. The van der Waals surface area contributed by atoms with Gasteiger partial charge in [0.25, 0.3) is 0 Å². The quantitative estimate of drug-likeness (QED) is 0.838. The first-order chi connectivity index (χ1) is 11.5. The second kappa shape index (κ2) is 7.02. The Morgan fingerprint density at radius 1 is 1.38 bits per heavy atom. The summed E-state index contributed by atoms with van der Waals surface area (Å²) in [4.78, 5) is 36.0. The van der Waals surface area contributed by atoms with Gasteiger partial charge in [0.1, 0.15) is 6.10 Å². The standard InChI is InChI=1S/C16H23N5O3/c1-20(2)13-8-17-9-15(19-13)24-12-5-6-21(10-12)16(23)11-3-4-14(22)18-7-11/h8-9,11-12H,3-7,10H2,1-2H3,(H,18,22). The van der Waals surface area contributed by atoms with Crippen LogP contribution in [-0.2, 0) is 9.59 Å². The molecule has 24 heavy (non-hydrogen) atoms. The lowest BCUT2D eigenvalue weighted by Gasteiger charge is -2.26. The molecule has 130 valence electrons. The Kier molecular flexibility index (Phi) is 4.82. The number of piperidine rings is 1. The normalized spacial score (nSPS) is 23.8. The first-order valence-corrected chi connectivity index (χ1v) is 8.24. The molecule has 1 aromatic rings. The highest BCUT2D eigenvalue weighted by Gasteiger charge is 2.33. The average molecular weight is 333 g/mol. The minimum atomic E-state index is -0.113. The van der Waals surface area contributed by atoms with Gasteiger partial charge >= 0.3 is 0 Å². The number of carbonyl (C=O) groups excluding carboxylic acids is 2. The highest BCUT2D eigenvalue weighted by molar-refractivity contribution is 5.84. The van der Waals surface area contributed by atoms with Crippen LogP contribution >= 0.6 is 0 Å². The maximum atomic E-state index is 12.5. The predicted molar refractivity (Wildman–Crippen MR) is 87.7 cm³/mol. The number of likely N-dealkylation sites (tertiary alicyclic amines) is 1. The number of anilines is 1. The van der Waals surface area contributed by atoms with Crippen molar-refractivity contribution < 1.29 is 14.3 Å². The summed E-state index contributed by atoms with van der Waals surface area (Å²) in [5.41, 5.74) is 0. The van der Waals surface area contributed by atoms with Crippen molar-refractivity contribution in [3.05, 3.63) is 12.4 Å². The molecule has 2 unspecified atom stereocenters. The van der Waals surface area contributed by atoms with Crippen LogP contribution in [0.25, 0.3) is 0 Å². The Morgan fingerprint density at radius 3 is 2.92 bits per heavy atom. The molecule has 0 spiro atoms. The number of hydrogen-bond acceptors (Lipinski definition) is 6. The summed E-state index contributed by atoms with van der Waals surface area (Å²) in [6.07, 6.45) is 5.03. The van der Waals surface area contributed by atoms with E-state index in [0.29, 0.717) is 38.4 Å². The lowest BCUT2D eigenvalue weighted by molar-refractivity contribution is -0.136. The van der Waals surface area contributed by atoms with E-state index in [0.717, 1.165) is 12.2 Å². The fourth-order valence-corrected chi connectivity index (χ4v) is 3.01. The van der Waals surface area contributed by atoms with Crippen LogP contribution in [0.5, 0.6) is 5.88 Å². The summed E-state index contributed by atoms with van der Waals surface area (Å²) in [5, 5.41) is 2.76. The van der Waals surface area contributed by atoms with Gasteiger partial charge in [-0.05, 0) is 6.42 Å². The number of carbonyl (C=O) groups is 2. The van der Waals surface area contributed by atoms with Gasteiger partial charge in [0, 0.05) is 40.0 Å². The van der Waals surface area contributed by atoms with Crippen molar-refractivity contribution in [1.82, 2.24) is 20.2 Å². The molecular formula is C16H23N5O3. The molecule has 0 saturated carbocycles. The molecule has 2 atom stereocenters. The van der Waals surface area contributed by atoms with Gasteiger partial charge in [-0.1, -0.05) is 0 Å². The van der Waals surface area contributed by atoms with Gasteiger partial charge < -0.3 is 19.9 Å². The van der Waals surface area contributed by atoms with Gasteiger partial charge in [0.15, 0.2) is 5.82 Å². The second-order valence-electron chi connectivity index (χ2n) is 6.46. The van der Waals surface area contributed by atoms with E-state index in [4.69, 9.17) is 4.74 Å². The van der Waals surface area contributed by atoms with Gasteiger partial charge in [-0.25, -0.2) is 0 Å². The van der Waals surface area contributed by atoms with Crippen LogP contribution in [0.2, 0.25) is 0 Å². The zero-order chi connectivity index (χ0) is 17.1. The van der Waals surface area contributed by atoms with Crippen molar-refractivity contribution in [1.29, 1.82) is 0 Å². The van der Waals surface area contributed by atoms with E-state index in [1.807, 2.05) is 23.9 Å². The van der Waals surface area contributed by atoms with Crippen LogP contribution < -0.4 is 15.0 Å². The average Bonchev–Trinajstić information content (AvgIpc) is 3.03. The molecular weight excluding hydrogens is 310 g/mol. The maximum absolute atomic E-state index is 12.5. The fraction of sp³-hybridized carbons (Fsp3) is 0.625. The molecule has 8 heteroatoms. The second-order valence-corrected chi connectivity index (χ2v) is 6.46. The minimum Gasteiger partial charge on any atom is -0.471 e. The van der Waals surface area contributed by atoms with Crippen molar-refractivity contribution in [2.75, 3.05) is 38.6 Å². The van der Waals surface area contributed by atoms with Gasteiger partial charge in [0.05, 0.1) is 24.9 Å². The van der Waals surface area contributed by atoms with Crippen molar-refractivity contribution in [2.24, 2.45) is 5.92 Å². The Morgan fingerprint density at radius 2 is 2.21 bits per heavy atom. The van der Waals surface area contributed by atoms with E-state index in [2.05, 4.69) is 15.3 Å². The molecule has 0 radical (unpaired) electrons. The summed E-state index contributed by atoms with van der Waals surface area (Å²) < 4.78 is 5.89.